The van der Waals surface area contributed by atoms with Crippen LogP contribution in [-0.2, 0) is 9.47 Å². The van der Waals surface area contributed by atoms with Crippen LogP contribution in [0, 0.1) is 35.0 Å². The largest absolute Gasteiger partial charge is 0.486 e. The smallest absolute Gasteiger partial charge is 0.125 e. The Labute approximate surface area is 227 Å². The topological polar surface area (TPSA) is 30.5 Å². The van der Waals surface area contributed by atoms with Gasteiger partial charge in [-0.05, 0) is 67.7 Å². The number of rotatable bonds is 2. The van der Waals surface area contributed by atoms with Gasteiger partial charge in [-0.1, -0.05) is 80.0 Å². The number of fused-ring (bicyclic) bond motifs is 8. The molecule has 8 rings (SSSR count). The molecule has 5 aliphatic carbocycles. The van der Waals surface area contributed by atoms with Gasteiger partial charge in [0.1, 0.15) is 11.9 Å². The summed E-state index contributed by atoms with van der Waals surface area (Å²) in [5, 5.41) is 3.65. The number of nitrogens with one attached hydrogen (secondary N) is 1. The molecule has 38 heavy (non-hydrogen) atoms. The van der Waals surface area contributed by atoms with E-state index in [1.165, 1.54) is 48.9 Å². The average molecular weight is 508 g/mol. The van der Waals surface area contributed by atoms with Crippen molar-refractivity contribution >= 4 is 0 Å². The van der Waals surface area contributed by atoms with Gasteiger partial charge < -0.3 is 14.8 Å². The van der Waals surface area contributed by atoms with E-state index in [4.69, 9.17) is 9.47 Å². The molecule has 3 aliphatic heterocycles. The van der Waals surface area contributed by atoms with E-state index in [0.717, 1.165) is 38.0 Å². The second-order valence-corrected chi connectivity index (χ2v) is 12.7. The average Bonchev–Trinajstić information content (AvgIpc) is 3.52. The van der Waals surface area contributed by atoms with Gasteiger partial charge in [-0.2, -0.15) is 0 Å². The summed E-state index contributed by atoms with van der Waals surface area (Å²) in [5.41, 5.74) is 4.33. The highest BCUT2D eigenvalue weighted by molar-refractivity contribution is 5.49. The van der Waals surface area contributed by atoms with Crippen LogP contribution in [0.1, 0.15) is 57.8 Å². The second kappa shape index (κ2) is 9.30. The van der Waals surface area contributed by atoms with Gasteiger partial charge in [-0.25, -0.2) is 0 Å². The molecule has 1 N–H and O–H groups in total. The zero-order chi connectivity index (χ0) is 25.1. The van der Waals surface area contributed by atoms with Crippen LogP contribution in [0.25, 0.3) is 0 Å². The minimum absolute atomic E-state index is 0.0614. The standard InChI is InChI=1S/C35H41NO2/c1-2-9-23(10-3-1)24-16-18-28-33(21-24)37-31-14-6-4-11-26(31)35(28)27-12-5-7-15-32(27)38-34-22-25(17-19-29(34)35)30-13-8-20-36-30/h5,7,11-19,21,23,25,27-29,32-34,36H,1-4,6,8-10,20,22H2. The predicted molar refractivity (Wildman–Crippen MR) is 152 cm³/mol. The molecule has 8 aliphatic rings. The summed E-state index contributed by atoms with van der Waals surface area (Å²) in [5.74, 6) is 3.23. The van der Waals surface area contributed by atoms with Crippen molar-refractivity contribution in [3.8, 4) is 0 Å². The molecule has 3 heteroatoms. The van der Waals surface area contributed by atoms with Gasteiger partial charge >= 0.3 is 0 Å². The fourth-order valence-electron chi connectivity index (χ4n) is 9.27. The molecule has 0 aromatic heterocycles. The fraction of sp³-hybridized carbons (Fsp3) is 0.543. The fourth-order valence-corrected chi connectivity index (χ4v) is 9.27. The molecular weight excluding hydrogens is 466 g/mol. The molecule has 198 valence electrons. The molecule has 3 fully saturated rings. The van der Waals surface area contributed by atoms with Gasteiger partial charge in [0.15, 0.2) is 0 Å². The molecule has 1 saturated carbocycles. The van der Waals surface area contributed by atoms with Gasteiger partial charge in [0.2, 0.25) is 0 Å². The molecule has 8 atom stereocenters. The first-order valence-corrected chi connectivity index (χ1v) is 15.4. The zero-order valence-electron chi connectivity index (χ0n) is 22.4. The van der Waals surface area contributed by atoms with Gasteiger partial charge in [0.25, 0.3) is 0 Å². The van der Waals surface area contributed by atoms with E-state index in [9.17, 15) is 0 Å². The summed E-state index contributed by atoms with van der Waals surface area (Å²) in [6.07, 6.45) is 40.9. The van der Waals surface area contributed by atoms with Crippen LogP contribution in [-0.4, -0.2) is 24.9 Å². The van der Waals surface area contributed by atoms with Gasteiger partial charge in [0, 0.05) is 41.3 Å². The van der Waals surface area contributed by atoms with Gasteiger partial charge in [0.05, 0.1) is 12.2 Å². The van der Waals surface area contributed by atoms with Crippen molar-refractivity contribution in [3.63, 3.8) is 0 Å². The maximum atomic E-state index is 7.02. The molecular formula is C35H41NO2. The third-order valence-corrected chi connectivity index (χ3v) is 10.9. The van der Waals surface area contributed by atoms with Crippen LogP contribution >= 0.6 is 0 Å². The van der Waals surface area contributed by atoms with Crippen molar-refractivity contribution in [2.45, 2.75) is 76.1 Å². The highest BCUT2D eigenvalue weighted by atomic mass is 16.5. The van der Waals surface area contributed by atoms with Crippen LogP contribution < -0.4 is 5.32 Å². The monoisotopic (exact) mass is 507 g/mol. The molecule has 0 amide bonds. The maximum Gasteiger partial charge on any atom is 0.125 e. The quantitative estimate of drug-likeness (QED) is 0.400. The Morgan fingerprint density at radius 3 is 2.55 bits per heavy atom. The number of ether oxygens (including phenoxy) is 2. The summed E-state index contributed by atoms with van der Waals surface area (Å²) in [7, 11) is 0. The van der Waals surface area contributed by atoms with E-state index >= 15 is 0 Å². The summed E-state index contributed by atoms with van der Waals surface area (Å²) >= 11 is 0. The van der Waals surface area contributed by atoms with Gasteiger partial charge in [-0.15, -0.1) is 0 Å². The van der Waals surface area contributed by atoms with Crippen LogP contribution in [0.4, 0.5) is 0 Å². The lowest BCUT2D eigenvalue weighted by Crippen LogP contribution is -2.63. The Morgan fingerprint density at radius 2 is 1.66 bits per heavy atom. The van der Waals surface area contributed by atoms with Crippen LogP contribution in [0.15, 0.2) is 95.5 Å². The van der Waals surface area contributed by atoms with Crippen LogP contribution in [0.5, 0.6) is 0 Å². The van der Waals surface area contributed by atoms with Crippen molar-refractivity contribution in [3.05, 3.63) is 95.5 Å². The normalized spacial score (nSPS) is 43.0. The maximum absolute atomic E-state index is 7.02. The van der Waals surface area contributed by atoms with Crippen molar-refractivity contribution in [1.82, 2.24) is 5.32 Å². The second-order valence-electron chi connectivity index (χ2n) is 12.7. The Morgan fingerprint density at radius 1 is 0.789 bits per heavy atom. The van der Waals surface area contributed by atoms with Crippen molar-refractivity contribution in [2.75, 3.05) is 6.54 Å². The molecule has 3 nitrogen and oxygen atoms in total. The number of hydrogen-bond donors (Lipinski definition) is 1. The molecule has 0 aromatic rings. The van der Waals surface area contributed by atoms with Crippen molar-refractivity contribution < 1.29 is 9.47 Å². The zero-order valence-corrected chi connectivity index (χ0v) is 22.4. The highest BCUT2D eigenvalue weighted by Gasteiger charge is 2.64. The molecule has 3 heterocycles. The lowest BCUT2D eigenvalue weighted by Gasteiger charge is -2.63. The van der Waals surface area contributed by atoms with E-state index in [2.05, 4.69) is 78.2 Å². The van der Waals surface area contributed by atoms with E-state index in [0.29, 0.717) is 29.6 Å². The predicted octanol–water partition coefficient (Wildman–Crippen LogP) is 7.25. The van der Waals surface area contributed by atoms with Crippen LogP contribution in [0.2, 0.25) is 0 Å². The van der Waals surface area contributed by atoms with Gasteiger partial charge in [-0.3, -0.25) is 0 Å². The lowest BCUT2D eigenvalue weighted by atomic mass is 9.47. The van der Waals surface area contributed by atoms with Crippen molar-refractivity contribution in [2.24, 2.45) is 35.0 Å². The SMILES string of the molecule is C1=CC2OC3CC(C4=CCCN4)C=CC3C3(C4=CCCC=C4OC4C=C(C5CCCCC5)C=CC43)C2C=C1. The Hall–Kier alpha value is -2.52. The minimum atomic E-state index is -0.0614. The van der Waals surface area contributed by atoms with E-state index in [-0.39, 0.29) is 23.7 Å². The number of hydrogen-bond acceptors (Lipinski definition) is 3. The molecule has 0 radical (unpaired) electrons. The Balaban J connectivity index is 1.26. The lowest BCUT2D eigenvalue weighted by molar-refractivity contribution is -0.171. The van der Waals surface area contributed by atoms with Crippen molar-refractivity contribution in [1.29, 1.82) is 0 Å². The van der Waals surface area contributed by atoms with E-state index < -0.39 is 0 Å². The first kappa shape index (κ1) is 23.4. The van der Waals surface area contributed by atoms with E-state index in [1.807, 2.05) is 0 Å². The Bertz CT molecular complexity index is 1220. The molecule has 2 saturated heterocycles. The summed E-state index contributed by atoms with van der Waals surface area (Å²) in [4.78, 5) is 0. The summed E-state index contributed by atoms with van der Waals surface area (Å²) < 4.78 is 14.0. The Kier molecular flexibility index (Phi) is 5.72. The third kappa shape index (κ3) is 3.50. The first-order valence-electron chi connectivity index (χ1n) is 15.4. The molecule has 0 aromatic carbocycles. The third-order valence-electron chi connectivity index (χ3n) is 10.9. The number of allylic oxidation sites excluding steroid dienone is 8. The van der Waals surface area contributed by atoms with E-state index in [1.54, 1.807) is 0 Å². The van der Waals surface area contributed by atoms with Crippen LogP contribution in [0.3, 0.4) is 0 Å². The summed E-state index contributed by atoms with van der Waals surface area (Å²) in [6.45, 7) is 1.07. The summed E-state index contributed by atoms with van der Waals surface area (Å²) in [6, 6.07) is 0. The molecule has 8 unspecified atom stereocenters. The minimum Gasteiger partial charge on any atom is -0.486 e. The highest BCUT2D eigenvalue weighted by Crippen LogP contribution is 2.65. The molecule has 0 bridgehead atoms. The molecule has 1 spiro atoms. The first-order chi connectivity index (χ1) is 18.8.